The van der Waals surface area contributed by atoms with Crippen molar-refractivity contribution in [2.75, 3.05) is 11.1 Å². The zero-order valence-corrected chi connectivity index (χ0v) is 16.7. The lowest BCUT2D eigenvalue weighted by molar-refractivity contribution is -0.384. The predicted molar refractivity (Wildman–Crippen MR) is 108 cm³/mol. The van der Waals surface area contributed by atoms with Crippen LogP contribution in [0.5, 0.6) is 0 Å². The highest BCUT2D eigenvalue weighted by Crippen LogP contribution is 2.29. The van der Waals surface area contributed by atoms with Crippen LogP contribution < -0.4 is 5.32 Å². The quantitative estimate of drug-likeness (QED) is 0.238. The predicted octanol–water partition coefficient (Wildman–Crippen LogP) is 4.61. The van der Waals surface area contributed by atoms with Gasteiger partial charge in [-0.1, -0.05) is 41.3 Å². The van der Waals surface area contributed by atoms with Gasteiger partial charge in [0.25, 0.3) is 5.69 Å². The number of carbonyl (C=O) groups is 1. The number of aromatic nitrogens is 2. The Bertz CT molecular complexity index is 982. The maximum Gasteiger partial charge on any atom is 0.269 e. The van der Waals surface area contributed by atoms with Crippen LogP contribution in [-0.2, 0) is 10.5 Å². The van der Waals surface area contributed by atoms with Gasteiger partial charge >= 0.3 is 0 Å². The number of hydrogen-bond donors (Lipinski definition) is 1. The molecule has 11 heteroatoms. The third-order valence-electron chi connectivity index (χ3n) is 3.38. The Labute approximate surface area is 171 Å². The highest BCUT2D eigenvalue weighted by Gasteiger charge is 2.11. The molecule has 0 aliphatic rings. The summed E-state index contributed by atoms with van der Waals surface area (Å²) in [6, 6.07) is 12.5. The molecule has 28 heavy (non-hydrogen) atoms. The lowest BCUT2D eigenvalue weighted by Crippen LogP contribution is -2.13. The summed E-state index contributed by atoms with van der Waals surface area (Å²) in [6.45, 7) is 0. The van der Waals surface area contributed by atoms with E-state index in [1.54, 1.807) is 30.3 Å². The molecule has 0 fully saturated rings. The number of nitrogens with one attached hydrogen (secondary N) is 1. The summed E-state index contributed by atoms with van der Waals surface area (Å²) in [6.07, 6.45) is 0. The zero-order chi connectivity index (χ0) is 19.9. The molecule has 0 saturated carbocycles. The van der Waals surface area contributed by atoms with Crippen LogP contribution in [0.3, 0.4) is 0 Å². The first kappa shape index (κ1) is 20.2. The molecule has 0 bridgehead atoms. The van der Waals surface area contributed by atoms with Gasteiger partial charge in [-0.2, -0.15) is 0 Å². The maximum atomic E-state index is 13.6. The van der Waals surface area contributed by atoms with Crippen LogP contribution in [0.2, 0.25) is 0 Å². The first-order valence-corrected chi connectivity index (χ1v) is 10.7. The average molecular weight is 437 g/mol. The number of nitro groups is 1. The van der Waals surface area contributed by atoms with Gasteiger partial charge in [-0.15, -0.1) is 22.0 Å². The summed E-state index contributed by atoms with van der Waals surface area (Å²) in [5.74, 6) is 0.0295. The minimum Gasteiger partial charge on any atom is -0.300 e. The molecular weight excluding hydrogens is 423 g/mol. The van der Waals surface area contributed by atoms with Gasteiger partial charge in [0, 0.05) is 22.8 Å². The number of nitrogens with zero attached hydrogens (tertiary/aromatic N) is 3. The van der Waals surface area contributed by atoms with E-state index < -0.39 is 4.92 Å². The second-order valence-electron chi connectivity index (χ2n) is 5.34. The molecule has 1 heterocycles. The van der Waals surface area contributed by atoms with E-state index in [9.17, 15) is 19.3 Å². The highest BCUT2D eigenvalue weighted by molar-refractivity contribution is 8.00. The second-order valence-corrected chi connectivity index (χ2v) is 8.59. The van der Waals surface area contributed by atoms with Gasteiger partial charge in [-0.25, -0.2) is 4.39 Å². The van der Waals surface area contributed by atoms with Crippen molar-refractivity contribution in [2.24, 2.45) is 0 Å². The number of nitro benzene ring substituents is 1. The molecule has 2 aromatic carbocycles. The Hall–Kier alpha value is -2.50. The summed E-state index contributed by atoms with van der Waals surface area (Å²) in [5.41, 5.74) is 0.579. The van der Waals surface area contributed by atoms with Crippen molar-refractivity contribution in [1.82, 2.24) is 10.2 Å². The highest BCUT2D eigenvalue weighted by atomic mass is 32.2. The average Bonchev–Trinajstić information content (AvgIpc) is 3.13. The van der Waals surface area contributed by atoms with Crippen molar-refractivity contribution in [2.45, 2.75) is 15.0 Å². The van der Waals surface area contributed by atoms with E-state index >= 15 is 0 Å². The van der Waals surface area contributed by atoms with Gasteiger partial charge in [0.15, 0.2) is 4.34 Å². The maximum absolute atomic E-state index is 13.6. The van der Waals surface area contributed by atoms with Gasteiger partial charge in [-0.3, -0.25) is 20.2 Å². The molecule has 3 aromatic rings. The molecule has 0 unspecified atom stereocenters. The molecule has 7 nitrogen and oxygen atoms in total. The van der Waals surface area contributed by atoms with Crippen LogP contribution in [0, 0.1) is 15.9 Å². The van der Waals surface area contributed by atoms with Gasteiger partial charge in [-0.05, 0) is 23.8 Å². The first-order valence-electron chi connectivity index (χ1n) is 7.88. The van der Waals surface area contributed by atoms with Crippen molar-refractivity contribution in [3.63, 3.8) is 0 Å². The molecule has 1 N–H and O–H groups in total. The minimum absolute atomic E-state index is 0.00285. The summed E-state index contributed by atoms with van der Waals surface area (Å²) >= 11 is 3.82. The fraction of sp³-hybridized carbons (Fsp3) is 0.118. The van der Waals surface area contributed by atoms with Crippen LogP contribution >= 0.6 is 34.9 Å². The van der Waals surface area contributed by atoms with E-state index in [2.05, 4.69) is 15.5 Å². The second kappa shape index (κ2) is 9.62. The number of carbonyl (C=O) groups excluding carboxylic acids is 1. The van der Waals surface area contributed by atoms with E-state index in [1.807, 2.05) is 0 Å². The van der Waals surface area contributed by atoms with Crippen molar-refractivity contribution in [1.29, 1.82) is 0 Å². The molecule has 3 rings (SSSR count). The van der Waals surface area contributed by atoms with Crippen LogP contribution in [0.25, 0.3) is 0 Å². The molecule has 0 saturated heterocycles. The molecule has 0 radical (unpaired) electrons. The van der Waals surface area contributed by atoms with Gasteiger partial charge < -0.3 is 0 Å². The fourth-order valence-electron chi connectivity index (χ4n) is 2.04. The molecule has 0 spiro atoms. The summed E-state index contributed by atoms with van der Waals surface area (Å²) in [4.78, 5) is 22.9. The lowest BCUT2D eigenvalue weighted by atomic mass is 10.2. The number of halogens is 1. The van der Waals surface area contributed by atoms with E-state index in [1.165, 1.54) is 53.1 Å². The number of anilines is 1. The number of hydrogen-bond acceptors (Lipinski definition) is 8. The number of thioether (sulfide) groups is 2. The van der Waals surface area contributed by atoms with Crippen LogP contribution in [0.1, 0.15) is 5.56 Å². The third kappa shape index (κ3) is 5.75. The molecule has 0 aliphatic carbocycles. The Balaban J connectivity index is 1.47. The van der Waals surface area contributed by atoms with Crippen molar-refractivity contribution < 1.29 is 14.1 Å². The number of benzene rings is 2. The van der Waals surface area contributed by atoms with Crippen molar-refractivity contribution in [3.05, 3.63) is 70.0 Å². The number of non-ortho nitro benzene ring substituents is 1. The molecular formula is C17H13FN4O3S3. The van der Waals surface area contributed by atoms with E-state index in [0.29, 0.717) is 20.8 Å². The Morgan fingerprint density at radius 3 is 2.61 bits per heavy atom. The van der Waals surface area contributed by atoms with Crippen LogP contribution in [-0.4, -0.2) is 26.8 Å². The normalized spacial score (nSPS) is 10.6. The Kier molecular flexibility index (Phi) is 6.95. The molecule has 1 amide bonds. The minimum atomic E-state index is -0.474. The van der Waals surface area contributed by atoms with Gasteiger partial charge in [0.1, 0.15) is 5.82 Å². The van der Waals surface area contributed by atoms with E-state index in [0.717, 1.165) is 4.90 Å². The molecule has 144 valence electrons. The Morgan fingerprint density at radius 2 is 1.89 bits per heavy atom. The topological polar surface area (TPSA) is 98.0 Å². The standard InChI is InChI=1S/C17H13FN4O3S3/c18-14-4-2-1-3-11(14)9-27-17-21-20-16(28-17)19-15(23)10-26-13-7-5-12(6-8-13)22(24)25/h1-8H,9-10H2,(H,19,20,23). The lowest BCUT2D eigenvalue weighted by Gasteiger charge is -2.01. The molecule has 0 aliphatic heterocycles. The zero-order valence-electron chi connectivity index (χ0n) is 14.2. The molecule has 1 aromatic heterocycles. The summed E-state index contributed by atoms with van der Waals surface area (Å²) in [5, 5.41) is 21.6. The largest absolute Gasteiger partial charge is 0.300 e. The van der Waals surface area contributed by atoms with E-state index in [4.69, 9.17) is 0 Å². The summed E-state index contributed by atoms with van der Waals surface area (Å²) in [7, 11) is 0. The SMILES string of the molecule is O=C(CSc1ccc([N+](=O)[O-])cc1)Nc1nnc(SCc2ccccc2F)s1. The third-order valence-corrected chi connectivity index (χ3v) is 6.41. The van der Waals surface area contributed by atoms with Crippen LogP contribution in [0.15, 0.2) is 57.8 Å². The van der Waals surface area contributed by atoms with Gasteiger partial charge in [0.2, 0.25) is 11.0 Å². The number of rotatable bonds is 8. The molecule has 0 atom stereocenters. The Morgan fingerprint density at radius 1 is 1.14 bits per heavy atom. The first-order chi connectivity index (χ1) is 13.5. The number of amides is 1. The van der Waals surface area contributed by atoms with Gasteiger partial charge in [0.05, 0.1) is 10.7 Å². The fourth-order valence-corrected chi connectivity index (χ4v) is 4.49. The van der Waals surface area contributed by atoms with Crippen molar-refractivity contribution >= 4 is 51.6 Å². The van der Waals surface area contributed by atoms with Crippen LogP contribution in [0.4, 0.5) is 15.2 Å². The smallest absolute Gasteiger partial charge is 0.269 e. The van der Waals surface area contributed by atoms with E-state index in [-0.39, 0.29) is 23.2 Å². The van der Waals surface area contributed by atoms with Crippen molar-refractivity contribution in [3.8, 4) is 0 Å². The monoisotopic (exact) mass is 436 g/mol. The summed E-state index contributed by atoms with van der Waals surface area (Å²) < 4.78 is 14.2.